The topological polar surface area (TPSA) is 103 Å². The molecule has 1 aliphatic heterocycles. The van der Waals surface area contributed by atoms with Crippen LogP contribution in [-0.2, 0) is 23.2 Å². The van der Waals surface area contributed by atoms with Crippen molar-refractivity contribution in [3.63, 3.8) is 0 Å². The van der Waals surface area contributed by atoms with E-state index in [1.807, 2.05) is 42.9 Å². The van der Waals surface area contributed by atoms with Gasteiger partial charge in [-0.05, 0) is 109 Å². The van der Waals surface area contributed by atoms with E-state index in [-0.39, 0.29) is 36.7 Å². The number of amides is 2. The normalized spacial score (nSPS) is 15.7. The molecule has 10 heteroatoms. The van der Waals surface area contributed by atoms with Gasteiger partial charge in [-0.1, -0.05) is 6.07 Å². The molecule has 5 rings (SSSR count). The van der Waals surface area contributed by atoms with E-state index in [1.54, 1.807) is 18.2 Å². The van der Waals surface area contributed by atoms with Gasteiger partial charge in [0, 0.05) is 25.0 Å². The zero-order chi connectivity index (χ0) is 31.2. The molecule has 0 radical (unpaired) electrons. The van der Waals surface area contributed by atoms with Crippen molar-refractivity contribution in [2.24, 2.45) is 7.05 Å². The van der Waals surface area contributed by atoms with E-state index in [1.165, 1.54) is 26.4 Å². The van der Waals surface area contributed by atoms with Crippen LogP contribution < -0.4 is 30.2 Å². The number of piperidine rings is 1. The largest absolute Gasteiger partial charge is 0.493 e. The molecule has 2 heterocycles. The number of benzene rings is 2. The van der Waals surface area contributed by atoms with Gasteiger partial charge >= 0.3 is 0 Å². The van der Waals surface area contributed by atoms with Crippen LogP contribution in [0.1, 0.15) is 48.6 Å². The van der Waals surface area contributed by atoms with E-state index >= 15 is 0 Å². The van der Waals surface area contributed by atoms with Crippen LogP contribution in [0.2, 0.25) is 0 Å². The summed E-state index contributed by atoms with van der Waals surface area (Å²) in [5, 5.41) is 9.28. The number of halogens is 1. The molecule has 0 atom stereocenters. The summed E-state index contributed by atoms with van der Waals surface area (Å²) in [5.41, 5.74) is 5.79. The Labute approximate surface area is 257 Å². The maximum absolute atomic E-state index is 14.4. The molecule has 0 unspecified atom stereocenters. The summed E-state index contributed by atoms with van der Waals surface area (Å²) in [5.74, 6) is 0.423. The summed E-state index contributed by atoms with van der Waals surface area (Å²) in [6.07, 6.45) is 5.76. The second-order valence-electron chi connectivity index (χ2n) is 11.1. The van der Waals surface area contributed by atoms with Crippen molar-refractivity contribution in [1.82, 2.24) is 20.5 Å². The maximum Gasteiger partial charge on any atom is 0.258 e. The highest BCUT2D eigenvalue weighted by Gasteiger charge is 2.26. The molecular formula is C34H39FN4O5. The lowest BCUT2D eigenvalue weighted by molar-refractivity contribution is -0.124. The van der Waals surface area contributed by atoms with E-state index in [9.17, 15) is 14.0 Å². The van der Waals surface area contributed by atoms with Crippen molar-refractivity contribution in [2.45, 2.75) is 38.8 Å². The first-order valence-electron chi connectivity index (χ1n) is 14.7. The fraction of sp³-hybridized carbons (Fsp3) is 0.353. The first-order valence-corrected chi connectivity index (χ1v) is 14.7. The number of aryl methyl sites for hydroxylation is 1. The number of nitrogens with zero attached hydrogens (tertiary/aromatic N) is 1. The van der Waals surface area contributed by atoms with Crippen molar-refractivity contribution >= 4 is 29.0 Å². The van der Waals surface area contributed by atoms with Crippen LogP contribution in [0, 0.1) is 5.82 Å². The summed E-state index contributed by atoms with van der Waals surface area (Å²) in [6, 6.07) is 12.3. The van der Waals surface area contributed by atoms with Crippen molar-refractivity contribution in [1.29, 1.82) is 0 Å². The van der Waals surface area contributed by atoms with Gasteiger partial charge in [-0.2, -0.15) is 0 Å². The Morgan fingerprint density at radius 3 is 2.43 bits per heavy atom. The predicted molar refractivity (Wildman–Crippen MR) is 168 cm³/mol. The number of fused-ring (bicyclic) bond motifs is 1. The van der Waals surface area contributed by atoms with Gasteiger partial charge in [0.05, 0.1) is 27.2 Å². The highest BCUT2D eigenvalue weighted by atomic mass is 19.1. The Morgan fingerprint density at radius 1 is 1.05 bits per heavy atom. The number of ether oxygens (including phenoxy) is 3. The van der Waals surface area contributed by atoms with E-state index < -0.39 is 0 Å². The van der Waals surface area contributed by atoms with Gasteiger partial charge in [0.15, 0.2) is 18.1 Å². The average molecular weight is 603 g/mol. The second kappa shape index (κ2) is 13.8. The Bertz CT molecular complexity index is 1580. The minimum atomic E-state index is -0.367. The van der Waals surface area contributed by atoms with E-state index in [0.29, 0.717) is 29.4 Å². The lowest BCUT2D eigenvalue weighted by atomic mass is 10.00. The number of rotatable bonds is 11. The van der Waals surface area contributed by atoms with Crippen LogP contribution >= 0.6 is 0 Å². The fourth-order valence-corrected chi connectivity index (χ4v) is 5.74. The van der Waals surface area contributed by atoms with Crippen molar-refractivity contribution < 1.29 is 28.2 Å². The Morgan fingerprint density at radius 2 is 1.77 bits per heavy atom. The molecular weight excluding hydrogens is 563 g/mol. The minimum Gasteiger partial charge on any atom is -0.493 e. The Hall–Kier alpha value is -4.57. The zero-order valence-corrected chi connectivity index (χ0v) is 25.6. The van der Waals surface area contributed by atoms with Gasteiger partial charge in [-0.3, -0.25) is 9.59 Å². The number of allylic oxidation sites excluding steroid dienone is 2. The number of hydrogen-bond acceptors (Lipinski definition) is 6. The third kappa shape index (κ3) is 6.97. The molecule has 0 spiro atoms. The monoisotopic (exact) mass is 602 g/mol. The predicted octanol–water partition coefficient (Wildman–Crippen LogP) is 4.46. The fourth-order valence-electron chi connectivity index (χ4n) is 5.74. The average Bonchev–Trinajstić information content (AvgIpc) is 3.54. The van der Waals surface area contributed by atoms with Crippen LogP contribution in [0.5, 0.6) is 17.2 Å². The van der Waals surface area contributed by atoms with Gasteiger partial charge in [0.1, 0.15) is 5.82 Å². The van der Waals surface area contributed by atoms with Crippen molar-refractivity contribution in [3.8, 4) is 17.2 Å². The Balaban J connectivity index is 1.38. The molecule has 1 aromatic heterocycles. The van der Waals surface area contributed by atoms with Crippen LogP contribution in [0.4, 0.5) is 4.39 Å². The number of aromatic nitrogens is 1. The van der Waals surface area contributed by atoms with Crippen LogP contribution in [0.25, 0.3) is 17.2 Å². The molecule has 44 heavy (non-hydrogen) atoms. The smallest absolute Gasteiger partial charge is 0.258 e. The van der Waals surface area contributed by atoms with E-state index in [4.69, 9.17) is 14.2 Å². The van der Waals surface area contributed by atoms with E-state index in [2.05, 4.69) is 16.0 Å². The second-order valence-corrected chi connectivity index (χ2v) is 11.1. The molecule has 0 saturated carbocycles. The Kier molecular flexibility index (Phi) is 9.69. The van der Waals surface area contributed by atoms with Crippen LogP contribution in [-0.4, -0.2) is 56.3 Å². The summed E-state index contributed by atoms with van der Waals surface area (Å²) in [4.78, 5) is 25.6. The molecule has 3 aromatic rings. The highest BCUT2D eigenvalue weighted by Crippen LogP contribution is 2.45. The number of carbonyl (C=O) groups excluding carboxylic acids is 2. The van der Waals surface area contributed by atoms with Crippen LogP contribution in [0.3, 0.4) is 0 Å². The molecule has 232 valence electrons. The van der Waals surface area contributed by atoms with Gasteiger partial charge in [-0.25, -0.2) is 4.39 Å². The zero-order valence-electron chi connectivity index (χ0n) is 25.6. The molecule has 1 fully saturated rings. The first kappa shape index (κ1) is 30.9. The number of carbonyl (C=O) groups is 2. The molecule has 1 aliphatic carbocycles. The molecule has 0 bridgehead atoms. The quantitative estimate of drug-likeness (QED) is 0.300. The first-order chi connectivity index (χ1) is 21.3. The summed E-state index contributed by atoms with van der Waals surface area (Å²) < 4.78 is 33.5. The molecule has 1 saturated heterocycles. The number of hydrogen-bond donors (Lipinski definition) is 3. The molecule has 2 aromatic carbocycles. The lowest BCUT2D eigenvalue weighted by Crippen LogP contribution is -2.44. The molecule has 2 aliphatic rings. The van der Waals surface area contributed by atoms with E-state index in [0.717, 1.165) is 59.5 Å². The van der Waals surface area contributed by atoms with Gasteiger partial charge < -0.3 is 34.7 Å². The molecule has 2 amide bonds. The SMILES string of the molecule is COc1cc(C=C2C(C)=C(CC(=O)NCc3cccn3C)c3cc(F)ccc32)cc(OC)c1OCC(=O)NC1CCNCC1. The molecule has 3 N–H and O–H groups in total. The third-order valence-electron chi connectivity index (χ3n) is 8.15. The minimum absolute atomic E-state index is 0.114. The summed E-state index contributed by atoms with van der Waals surface area (Å²) in [6.45, 7) is 3.92. The van der Waals surface area contributed by atoms with Gasteiger partial charge in [0.2, 0.25) is 11.7 Å². The van der Waals surface area contributed by atoms with Crippen molar-refractivity contribution in [2.75, 3.05) is 33.9 Å². The van der Waals surface area contributed by atoms with Gasteiger partial charge in [-0.15, -0.1) is 0 Å². The van der Waals surface area contributed by atoms with Gasteiger partial charge in [0.25, 0.3) is 5.91 Å². The third-order valence-corrected chi connectivity index (χ3v) is 8.15. The van der Waals surface area contributed by atoms with Crippen LogP contribution in [0.15, 0.2) is 54.2 Å². The number of methoxy groups -OCH3 is 2. The lowest BCUT2D eigenvalue weighted by Gasteiger charge is -2.23. The summed E-state index contributed by atoms with van der Waals surface area (Å²) >= 11 is 0. The maximum atomic E-state index is 14.4. The number of nitrogens with one attached hydrogen (secondary N) is 3. The standard InChI is InChI=1S/C34H39FN4O5/c1-21-27(26-8-7-23(35)17-29(26)28(21)18-32(40)37-19-25-6-5-13-39(25)2)14-22-15-30(42-3)34(31(16-22)43-4)44-20-33(41)38-24-9-11-36-12-10-24/h5-8,13-17,24,36H,9-12,18-20H2,1-4H3,(H,37,40)(H,38,41). The highest BCUT2D eigenvalue weighted by molar-refractivity contribution is 6.08. The van der Waals surface area contributed by atoms with Crippen molar-refractivity contribution in [3.05, 3.63) is 82.4 Å². The summed E-state index contributed by atoms with van der Waals surface area (Å²) in [7, 11) is 4.98. The molecule has 9 nitrogen and oxygen atoms in total.